The topological polar surface area (TPSA) is 52.9 Å². The maximum absolute atomic E-state index is 9.39. The normalized spacial score (nSPS) is 12.8. The van der Waals surface area contributed by atoms with Crippen molar-refractivity contribution in [1.82, 2.24) is 4.90 Å². The van der Waals surface area contributed by atoms with Crippen LogP contribution in [0.2, 0.25) is 0 Å². The molecule has 4 heteroatoms. The van der Waals surface area contributed by atoms with Crippen LogP contribution in [0.3, 0.4) is 0 Å². The summed E-state index contributed by atoms with van der Waals surface area (Å²) in [7, 11) is 3.62. The van der Waals surface area contributed by atoms with Gasteiger partial charge < -0.3 is 19.8 Å². The molecule has 0 spiro atoms. The molecule has 0 aliphatic rings. The van der Waals surface area contributed by atoms with Crippen LogP contribution < -0.4 is 4.74 Å². The highest BCUT2D eigenvalue weighted by molar-refractivity contribution is 5.41. The molecule has 0 radical (unpaired) electrons. The van der Waals surface area contributed by atoms with E-state index >= 15 is 0 Å². The van der Waals surface area contributed by atoms with Gasteiger partial charge in [0.2, 0.25) is 0 Å². The second kappa shape index (κ2) is 7.48. The van der Waals surface area contributed by atoms with Crippen LogP contribution in [0.15, 0.2) is 12.1 Å². The summed E-state index contributed by atoms with van der Waals surface area (Å²) in [5, 5.41) is 18.2. The predicted molar refractivity (Wildman–Crippen MR) is 76.8 cm³/mol. The second-order valence-corrected chi connectivity index (χ2v) is 5.10. The maximum atomic E-state index is 9.39. The first-order valence-corrected chi connectivity index (χ1v) is 6.59. The van der Waals surface area contributed by atoms with Crippen molar-refractivity contribution in [3.8, 4) is 5.75 Å². The number of hydrogen-bond acceptors (Lipinski definition) is 4. The standard InChI is InChI=1S/C15H25NO3/c1-11-7-13(15(19-4)8-12(11)2)5-6-16(3)9-14(18)10-17/h7-8,14,17-18H,5-6,9-10H2,1-4H3. The summed E-state index contributed by atoms with van der Waals surface area (Å²) in [6.45, 7) is 5.26. The van der Waals surface area contributed by atoms with Crippen molar-refractivity contribution < 1.29 is 14.9 Å². The monoisotopic (exact) mass is 267 g/mol. The van der Waals surface area contributed by atoms with Crippen molar-refractivity contribution >= 4 is 0 Å². The Balaban J connectivity index is 2.64. The van der Waals surface area contributed by atoms with E-state index in [2.05, 4.69) is 26.0 Å². The molecule has 1 rings (SSSR count). The van der Waals surface area contributed by atoms with Gasteiger partial charge >= 0.3 is 0 Å². The summed E-state index contributed by atoms with van der Waals surface area (Å²) in [6.07, 6.45) is 0.186. The fraction of sp³-hybridized carbons (Fsp3) is 0.600. The van der Waals surface area contributed by atoms with Crippen molar-refractivity contribution in [2.24, 2.45) is 0 Å². The molecule has 0 fully saturated rings. The van der Waals surface area contributed by atoms with Crippen molar-refractivity contribution in [3.63, 3.8) is 0 Å². The fourth-order valence-corrected chi connectivity index (χ4v) is 2.05. The molecule has 1 aromatic carbocycles. The lowest BCUT2D eigenvalue weighted by atomic mass is 10.0. The number of hydrogen-bond donors (Lipinski definition) is 2. The largest absolute Gasteiger partial charge is 0.496 e. The molecule has 0 amide bonds. The molecule has 4 nitrogen and oxygen atoms in total. The number of ether oxygens (including phenoxy) is 1. The molecule has 1 atom stereocenters. The third-order valence-electron chi connectivity index (χ3n) is 3.39. The van der Waals surface area contributed by atoms with Crippen LogP contribution in [-0.4, -0.2) is 55.1 Å². The Labute approximate surface area is 115 Å². The molecular weight excluding hydrogens is 242 g/mol. The van der Waals surface area contributed by atoms with Gasteiger partial charge in [-0.1, -0.05) is 6.07 Å². The second-order valence-electron chi connectivity index (χ2n) is 5.10. The molecule has 0 aliphatic heterocycles. The Kier molecular flexibility index (Phi) is 6.28. The van der Waals surface area contributed by atoms with Gasteiger partial charge in [0.15, 0.2) is 0 Å². The highest BCUT2D eigenvalue weighted by Gasteiger charge is 2.10. The SMILES string of the molecule is COc1cc(C)c(C)cc1CCN(C)CC(O)CO. The third kappa shape index (κ3) is 4.82. The zero-order valence-electron chi connectivity index (χ0n) is 12.3. The summed E-state index contributed by atoms with van der Waals surface area (Å²) < 4.78 is 5.41. The average Bonchev–Trinajstić information content (AvgIpc) is 2.39. The van der Waals surface area contributed by atoms with Crippen molar-refractivity contribution in [2.75, 3.05) is 33.9 Å². The van der Waals surface area contributed by atoms with Gasteiger partial charge in [0.1, 0.15) is 5.75 Å². The Hall–Kier alpha value is -1.10. The van der Waals surface area contributed by atoms with Crippen LogP contribution in [0.25, 0.3) is 0 Å². The zero-order valence-corrected chi connectivity index (χ0v) is 12.3. The van der Waals surface area contributed by atoms with E-state index in [1.165, 1.54) is 16.7 Å². The van der Waals surface area contributed by atoms with E-state index in [0.717, 1.165) is 18.7 Å². The van der Waals surface area contributed by atoms with Crippen molar-refractivity contribution in [1.29, 1.82) is 0 Å². The first-order chi connectivity index (χ1) is 8.97. The molecule has 2 N–H and O–H groups in total. The molecule has 1 unspecified atom stereocenters. The van der Waals surface area contributed by atoms with Gasteiger partial charge in [-0.3, -0.25) is 0 Å². The van der Waals surface area contributed by atoms with Gasteiger partial charge in [-0.05, 0) is 50.1 Å². The average molecular weight is 267 g/mol. The van der Waals surface area contributed by atoms with E-state index in [1.54, 1.807) is 7.11 Å². The Morgan fingerprint density at radius 3 is 2.47 bits per heavy atom. The number of aliphatic hydroxyl groups excluding tert-OH is 2. The van der Waals surface area contributed by atoms with Crippen LogP contribution in [0.4, 0.5) is 0 Å². The van der Waals surface area contributed by atoms with E-state index in [1.807, 2.05) is 11.9 Å². The Morgan fingerprint density at radius 2 is 1.89 bits per heavy atom. The lowest BCUT2D eigenvalue weighted by Crippen LogP contribution is -2.32. The number of rotatable bonds is 7. The first kappa shape index (κ1) is 16.0. The number of aryl methyl sites for hydroxylation is 2. The fourth-order valence-electron chi connectivity index (χ4n) is 2.05. The molecule has 19 heavy (non-hydrogen) atoms. The van der Waals surface area contributed by atoms with Gasteiger partial charge in [0, 0.05) is 13.1 Å². The van der Waals surface area contributed by atoms with E-state index < -0.39 is 6.10 Å². The molecule has 0 aliphatic carbocycles. The van der Waals surface area contributed by atoms with Crippen LogP contribution in [0.1, 0.15) is 16.7 Å². The highest BCUT2D eigenvalue weighted by atomic mass is 16.5. The van der Waals surface area contributed by atoms with E-state index in [-0.39, 0.29) is 6.61 Å². The van der Waals surface area contributed by atoms with Crippen LogP contribution in [0.5, 0.6) is 5.75 Å². The van der Waals surface area contributed by atoms with Gasteiger partial charge in [0.05, 0.1) is 19.8 Å². The summed E-state index contributed by atoms with van der Waals surface area (Å²) >= 11 is 0. The smallest absolute Gasteiger partial charge is 0.122 e. The quantitative estimate of drug-likeness (QED) is 0.778. The summed E-state index contributed by atoms with van der Waals surface area (Å²) in [5.74, 6) is 0.916. The number of likely N-dealkylation sites (N-methyl/N-ethyl adjacent to an activating group) is 1. The number of methoxy groups -OCH3 is 1. The molecule has 0 saturated carbocycles. The number of benzene rings is 1. The van der Waals surface area contributed by atoms with E-state index in [0.29, 0.717) is 6.54 Å². The molecule has 0 aromatic heterocycles. The molecule has 0 bridgehead atoms. The minimum atomic E-state index is -0.674. The molecule has 0 heterocycles. The molecule has 1 aromatic rings. The highest BCUT2D eigenvalue weighted by Crippen LogP contribution is 2.23. The lowest BCUT2D eigenvalue weighted by molar-refractivity contribution is 0.0669. The maximum Gasteiger partial charge on any atom is 0.122 e. The third-order valence-corrected chi connectivity index (χ3v) is 3.39. The van der Waals surface area contributed by atoms with Gasteiger partial charge in [-0.2, -0.15) is 0 Å². The minimum Gasteiger partial charge on any atom is -0.496 e. The molecular formula is C15H25NO3. The predicted octanol–water partition coefficient (Wildman–Crippen LogP) is 1.14. The molecule has 108 valence electrons. The van der Waals surface area contributed by atoms with Gasteiger partial charge in [-0.15, -0.1) is 0 Å². The minimum absolute atomic E-state index is 0.197. The van der Waals surface area contributed by atoms with E-state index in [9.17, 15) is 5.11 Å². The number of nitrogens with zero attached hydrogens (tertiary/aromatic N) is 1. The summed E-state index contributed by atoms with van der Waals surface area (Å²) in [4.78, 5) is 2.01. The molecule has 0 saturated heterocycles. The van der Waals surface area contributed by atoms with Crippen molar-refractivity contribution in [3.05, 3.63) is 28.8 Å². The van der Waals surface area contributed by atoms with Crippen LogP contribution in [0, 0.1) is 13.8 Å². The Bertz CT molecular complexity index is 407. The van der Waals surface area contributed by atoms with Crippen molar-refractivity contribution in [2.45, 2.75) is 26.4 Å². The number of aliphatic hydroxyl groups is 2. The van der Waals surface area contributed by atoms with E-state index in [4.69, 9.17) is 9.84 Å². The van der Waals surface area contributed by atoms with Gasteiger partial charge in [0.25, 0.3) is 0 Å². The summed E-state index contributed by atoms with van der Waals surface area (Å²) in [5.41, 5.74) is 3.66. The first-order valence-electron chi connectivity index (χ1n) is 6.59. The van der Waals surface area contributed by atoms with Crippen LogP contribution in [-0.2, 0) is 6.42 Å². The zero-order chi connectivity index (χ0) is 14.4. The summed E-state index contributed by atoms with van der Waals surface area (Å²) in [6, 6.07) is 4.22. The van der Waals surface area contributed by atoms with Gasteiger partial charge in [-0.25, -0.2) is 0 Å². The lowest BCUT2D eigenvalue weighted by Gasteiger charge is -2.20. The Morgan fingerprint density at radius 1 is 1.26 bits per heavy atom. The van der Waals surface area contributed by atoms with Crippen LogP contribution >= 0.6 is 0 Å².